The minimum absolute atomic E-state index is 0.0770. The number of esters is 1. The molecule has 10 nitrogen and oxygen atoms in total. The molecular formula is C30H35N3O7S2. The van der Waals surface area contributed by atoms with Crippen LogP contribution in [0.5, 0.6) is 11.5 Å². The Bertz CT molecular complexity index is 1400. The Balaban J connectivity index is 1.38. The topological polar surface area (TPSA) is 147 Å². The highest BCUT2D eigenvalue weighted by Gasteiger charge is 2.48. The van der Waals surface area contributed by atoms with E-state index in [1.807, 2.05) is 23.1 Å². The number of furan rings is 1. The summed E-state index contributed by atoms with van der Waals surface area (Å²) in [6, 6.07) is 6.42. The van der Waals surface area contributed by atoms with Gasteiger partial charge in [-0.15, -0.1) is 0 Å². The van der Waals surface area contributed by atoms with E-state index >= 15 is 0 Å². The van der Waals surface area contributed by atoms with E-state index in [0.717, 1.165) is 24.0 Å². The number of aryl methyl sites for hydroxylation is 1. The lowest BCUT2D eigenvalue weighted by Gasteiger charge is -2.30. The van der Waals surface area contributed by atoms with Gasteiger partial charge in [-0.2, -0.15) is 0 Å². The largest absolute Gasteiger partial charge is 0.497 e. The number of nitrogens with zero attached hydrogens (tertiary/aromatic N) is 1. The van der Waals surface area contributed by atoms with Gasteiger partial charge in [0.15, 0.2) is 0 Å². The Kier molecular flexibility index (Phi) is 9.24. The quantitative estimate of drug-likeness (QED) is 0.156. The molecule has 3 fully saturated rings. The number of primary amides is 1. The van der Waals surface area contributed by atoms with Crippen molar-refractivity contribution in [1.82, 2.24) is 4.90 Å². The lowest BCUT2D eigenvalue weighted by Crippen LogP contribution is -2.41. The number of carbonyl (C=O) groups is 3. The molecule has 1 aromatic carbocycles. The predicted molar refractivity (Wildman–Crippen MR) is 163 cm³/mol. The molecule has 3 aliphatic rings. The Labute approximate surface area is 254 Å². The molecule has 4 N–H and O–H groups in total. The van der Waals surface area contributed by atoms with Crippen molar-refractivity contribution in [2.45, 2.75) is 57.0 Å². The highest BCUT2D eigenvalue weighted by molar-refractivity contribution is 8.26. The maximum Gasteiger partial charge on any atom is 0.323 e. The van der Waals surface area contributed by atoms with Gasteiger partial charge in [-0.05, 0) is 67.7 Å². The lowest BCUT2D eigenvalue weighted by molar-refractivity contribution is -0.146. The first-order chi connectivity index (χ1) is 20.2. The fourth-order valence-electron chi connectivity index (χ4n) is 6.11. The highest BCUT2D eigenvalue weighted by Crippen LogP contribution is 2.49. The Morgan fingerprint density at radius 1 is 1.17 bits per heavy atom. The standard InChI is InChI=1S/C30H35N3O7S2/c1-37-20-10-19(11-21(13-20)38-2)24-12-18(4-3-7-39-29(36)22(31)14-27(32)34)25(40-24)15-26-28(35)33(30(41)42-26)23-9-16-5-6-17(23)8-16/h10-13,15-17,22-23H,3-9,14,31H2,1-2H3,(H2,32,34)/b26-15-/t16?,17?,22-,23?/m0/s1. The molecule has 2 aliphatic carbocycles. The van der Waals surface area contributed by atoms with E-state index < -0.39 is 17.9 Å². The van der Waals surface area contributed by atoms with E-state index in [9.17, 15) is 14.4 Å². The van der Waals surface area contributed by atoms with Crippen LogP contribution in [-0.4, -0.2) is 59.9 Å². The number of amides is 2. The molecule has 4 atom stereocenters. The first-order valence-corrected chi connectivity index (χ1v) is 15.2. The van der Waals surface area contributed by atoms with Gasteiger partial charge < -0.3 is 30.1 Å². The van der Waals surface area contributed by atoms with Crippen molar-refractivity contribution >= 4 is 52.2 Å². The summed E-state index contributed by atoms with van der Waals surface area (Å²) in [6.07, 6.45) is 7.01. The molecule has 12 heteroatoms. The van der Waals surface area contributed by atoms with Gasteiger partial charge in [0.1, 0.15) is 33.4 Å². The van der Waals surface area contributed by atoms with E-state index in [1.54, 1.807) is 26.4 Å². The summed E-state index contributed by atoms with van der Waals surface area (Å²) in [5.41, 5.74) is 12.4. The average molecular weight is 614 g/mol. The van der Waals surface area contributed by atoms with Crippen molar-refractivity contribution in [2.24, 2.45) is 23.3 Å². The third kappa shape index (κ3) is 6.50. The number of benzene rings is 1. The number of fused-ring (bicyclic) bond motifs is 2. The second-order valence-electron chi connectivity index (χ2n) is 10.9. The number of methoxy groups -OCH3 is 2. The van der Waals surface area contributed by atoms with Gasteiger partial charge in [0.2, 0.25) is 5.91 Å². The number of nitrogens with two attached hydrogens (primary N) is 2. The fourth-order valence-corrected chi connectivity index (χ4v) is 7.45. The number of hydrogen-bond acceptors (Lipinski definition) is 10. The molecule has 0 radical (unpaired) electrons. The van der Waals surface area contributed by atoms with Crippen molar-refractivity contribution in [1.29, 1.82) is 0 Å². The third-order valence-electron chi connectivity index (χ3n) is 8.15. The summed E-state index contributed by atoms with van der Waals surface area (Å²) in [6.45, 7) is 0.0879. The van der Waals surface area contributed by atoms with Crippen LogP contribution < -0.4 is 20.9 Å². The number of ether oxygens (including phenoxy) is 3. The Hall–Kier alpha value is -3.35. The summed E-state index contributed by atoms with van der Waals surface area (Å²) in [7, 11) is 3.15. The van der Waals surface area contributed by atoms with Gasteiger partial charge in [0.25, 0.3) is 5.91 Å². The van der Waals surface area contributed by atoms with Crippen LogP contribution in [0.15, 0.2) is 33.6 Å². The van der Waals surface area contributed by atoms with Crippen LogP contribution in [-0.2, 0) is 25.5 Å². The van der Waals surface area contributed by atoms with Gasteiger partial charge >= 0.3 is 5.97 Å². The van der Waals surface area contributed by atoms with Crippen molar-refractivity contribution in [3.05, 3.63) is 40.5 Å². The number of carbonyl (C=O) groups excluding carboxylic acids is 3. The van der Waals surface area contributed by atoms with Gasteiger partial charge in [-0.25, -0.2) is 0 Å². The minimum Gasteiger partial charge on any atom is -0.497 e. The van der Waals surface area contributed by atoms with E-state index in [2.05, 4.69) is 0 Å². The number of thiocarbonyl (C=S) groups is 1. The molecule has 2 amide bonds. The smallest absolute Gasteiger partial charge is 0.323 e. The molecule has 1 saturated heterocycles. The van der Waals surface area contributed by atoms with Crippen LogP contribution in [0.3, 0.4) is 0 Å². The molecule has 2 heterocycles. The number of rotatable bonds is 12. The zero-order valence-electron chi connectivity index (χ0n) is 23.6. The van der Waals surface area contributed by atoms with Gasteiger partial charge in [0.05, 0.1) is 32.2 Å². The van der Waals surface area contributed by atoms with Crippen molar-refractivity contribution in [3.8, 4) is 22.8 Å². The molecule has 2 aromatic rings. The summed E-state index contributed by atoms with van der Waals surface area (Å²) < 4.78 is 23.0. The molecule has 42 heavy (non-hydrogen) atoms. The second kappa shape index (κ2) is 12.9. The molecule has 0 spiro atoms. The fraction of sp³-hybridized carbons (Fsp3) is 0.467. The summed E-state index contributed by atoms with van der Waals surface area (Å²) in [4.78, 5) is 39.1. The summed E-state index contributed by atoms with van der Waals surface area (Å²) >= 11 is 6.98. The van der Waals surface area contributed by atoms with E-state index in [-0.39, 0.29) is 25.0 Å². The molecule has 2 bridgehead atoms. The van der Waals surface area contributed by atoms with Crippen LogP contribution in [0.4, 0.5) is 0 Å². The number of hydrogen-bond donors (Lipinski definition) is 2. The molecule has 2 saturated carbocycles. The summed E-state index contributed by atoms with van der Waals surface area (Å²) in [5.74, 6) is 2.08. The zero-order valence-corrected chi connectivity index (χ0v) is 25.3. The maximum absolute atomic E-state index is 13.6. The second-order valence-corrected chi connectivity index (χ2v) is 12.6. The first kappa shape index (κ1) is 30.1. The third-order valence-corrected chi connectivity index (χ3v) is 9.48. The van der Waals surface area contributed by atoms with Crippen molar-refractivity contribution < 1.29 is 33.0 Å². The van der Waals surface area contributed by atoms with Gasteiger partial charge in [-0.1, -0.05) is 30.4 Å². The van der Waals surface area contributed by atoms with Gasteiger partial charge in [0, 0.05) is 23.7 Å². The Morgan fingerprint density at radius 2 is 1.90 bits per heavy atom. The van der Waals surface area contributed by atoms with Gasteiger partial charge in [-0.3, -0.25) is 19.3 Å². The van der Waals surface area contributed by atoms with Crippen LogP contribution in [0.2, 0.25) is 0 Å². The molecule has 1 aromatic heterocycles. The normalized spacial score (nSPS) is 23.1. The van der Waals surface area contributed by atoms with Crippen molar-refractivity contribution in [3.63, 3.8) is 0 Å². The molecule has 5 rings (SSSR count). The molecule has 1 aliphatic heterocycles. The molecular weight excluding hydrogens is 578 g/mol. The highest BCUT2D eigenvalue weighted by atomic mass is 32.2. The molecule has 224 valence electrons. The summed E-state index contributed by atoms with van der Waals surface area (Å²) in [5, 5.41) is 0. The Morgan fingerprint density at radius 3 is 2.52 bits per heavy atom. The number of thioether (sulfide) groups is 1. The van der Waals surface area contributed by atoms with Crippen LogP contribution in [0, 0.1) is 11.8 Å². The predicted octanol–water partition coefficient (Wildman–Crippen LogP) is 4.03. The SMILES string of the molecule is COc1cc(OC)cc(-c2cc(CCCOC(=O)[C@@H](N)CC(N)=O)c(/C=C3\SC(=S)N(C4CC5CCC4C5)C3=O)o2)c1. The maximum atomic E-state index is 13.6. The minimum atomic E-state index is -1.10. The van der Waals surface area contributed by atoms with E-state index in [0.29, 0.717) is 56.9 Å². The van der Waals surface area contributed by atoms with E-state index in [1.165, 1.54) is 24.6 Å². The zero-order chi connectivity index (χ0) is 30.0. The van der Waals surface area contributed by atoms with Crippen LogP contribution >= 0.6 is 24.0 Å². The van der Waals surface area contributed by atoms with Crippen LogP contribution in [0.1, 0.15) is 49.8 Å². The van der Waals surface area contributed by atoms with Crippen LogP contribution in [0.25, 0.3) is 17.4 Å². The van der Waals surface area contributed by atoms with Crippen molar-refractivity contribution in [2.75, 3.05) is 20.8 Å². The first-order valence-electron chi connectivity index (χ1n) is 14.0. The monoisotopic (exact) mass is 613 g/mol. The van der Waals surface area contributed by atoms with E-state index in [4.69, 9.17) is 42.3 Å². The lowest BCUT2D eigenvalue weighted by atomic mass is 9.94. The average Bonchev–Trinajstić information content (AvgIpc) is 3.75. The molecule has 3 unspecified atom stereocenters.